The third kappa shape index (κ3) is 5.49. The number of rotatable bonds is 7. The van der Waals surface area contributed by atoms with Crippen LogP contribution in [0, 0.1) is 0 Å². The zero-order valence-corrected chi connectivity index (χ0v) is 20.5. The number of carbonyl (C=O) groups is 2. The lowest BCUT2D eigenvalue weighted by Gasteiger charge is -2.17. The van der Waals surface area contributed by atoms with Crippen LogP contribution in [0.25, 0.3) is 0 Å². The van der Waals surface area contributed by atoms with E-state index in [-0.39, 0.29) is 17.2 Å². The van der Waals surface area contributed by atoms with Crippen LogP contribution in [0.5, 0.6) is 17.2 Å². The second-order valence-electron chi connectivity index (χ2n) is 7.40. The molecule has 1 unspecified atom stereocenters. The van der Waals surface area contributed by atoms with E-state index in [1.807, 2.05) is 13.8 Å². The third-order valence-corrected chi connectivity index (χ3v) is 5.93. The number of phenols is 1. The molecule has 166 valence electrons. The Labute approximate surface area is 202 Å². The summed E-state index contributed by atoms with van der Waals surface area (Å²) in [4.78, 5) is 24.5. The van der Waals surface area contributed by atoms with Gasteiger partial charge in [-0.15, -0.1) is 0 Å². The number of carboxylic acids is 1. The first-order valence-electron chi connectivity index (χ1n) is 9.75. The quantitative estimate of drug-likeness (QED) is 0.310. The van der Waals surface area contributed by atoms with E-state index in [9.17, 15) is 19.8 Å². The number of aliphatic carboxylic acids is 1. The van der Waals surface area contributed by atoms with Gasteiger partial charge < -0.3 is 20.3 Å². The van der Waals surface area contributed by atoms with Gasteiger partial charge in [-0.3, -0.25) is 4.79 Å². The highest BCUT2D eigenvalue weighted by molar-refractivity contribution is 9.11. The predicted molar refractivity (Wildman–Crippen MR) is 128 cm³/mol. The average Bonchev–Trinajstić information content (AvgIpc) is 2.75. The zero-order chi connectivity index (χ0) is 23.4. The highest BCUT2D eigenvalue weighted by Crippen LogP contribution is 2.39. The van der Waals surface area contributed by atoms with Gasteiger partial charge in [-0.2, -0.15) is 0 Å². The molecule has 0 aliphatic carbocycles. The highest BCUT2D eigenvalue weighted by atomic mass is 79.9. The average molecular weight is 563 g/mol. The number of aromatic hydroxyl groups is 1. The van der Waals surface area contributed by atoms with Gasteiger partial charge in [-0.25, -0.2) is 4.79 Å². The Morgan fingerprint density at radius 1 is 0.969 bits per heavy atom. The first kappa shape index (κ1) is 23.8. The molecule has 0 heterocycles. The molecule has 0 aliphatic rings. The van der Waals surface area contributed by atoms with Crippen LogP contribution in [0.3, 0.4) is 0 Å². The summed E-state index contributed by atoms with van der Waals surface area (Å²) in [6.45, 7) is 3.94. The van der Waals surface area contributed by atoms with Crippen LogP contribution >= 0.6 is 31.9 Å². The normalized spacial score (nSPS) is 11.8. The van der Waals surface area contributed by atoms with Crippen LogP contribution in [-0.4, -0.2) is 22.1 Å². The number of phenolic OH excluding ortho intramolecular Hbond substituents is 1. The van der Waals surface area contributed by atoms with Crippen LogP contribution in [0.2, 0.25) is 0 Å². The Morgan fingerprint density at radius 2 is 1.59 bits per heavy atom. The van der Waals surface area contributed by atoms with Crippen LogP contribution in [0.1, 0.15) is 47.3 Å². The van der Waals surface area contributed by atoms with E-state index < -0.39 is 17.9 Å². The first-order valence-corrected chi connectivity index (χ1v) is 11.3. The maximum atomic E-state index is 12.8. The molecule has 0 radical (unpaired) electrons. The molecule has 32 heavy (non-hydrogen) atoms. The van der Waals surface area contributed by atoms with Crippen LogP contribution in [0.15, 0.2) is 69.6 Å². The number of hydrogen-bond donors (Lipinski definition) is 3. The largest absolute Gasteiger partial charge is 0.508 e. The van der Waals surface area contributed by atoms with Gasteiger partial charge in [-0.1, -0.05) is 44.2 Å². The number of carboxylic acid groups (broad SMARTS) is 1. The molecule has 0 bridgehead atoms. The summed E-state index contributed by atoms with van der Waals surface area (Å²) in [5.74, 6) is -0.413. The van der Waals surface area contributed by atoms with Crippen molar-refractivity contribution in [3.8, 4) is 17.2 Å². The number of benzene rings is 3. The summed E-state index contributed by atoms with van der Waals surface area (Å²) in [5.41, 5.74) is 1.48. The van der Waals surface area contributed by atoms with Crippen molar-refractivity contribution in [3.05, 3.63) is 86.3 Å². The number of halogens is 2. The van der Waals surface area contributed by atoms with Crippen molar-refractivity contribution < 1.29 is 24.5 Å². The van der Waals surface area contributed by atoms with Crippen molar-refractivity contribution in [2.45, 2.75) is 25.8 Å². The standard InChI is InChI=1S/C24H21Br2NO5/c1-13(2)17-12-16(8-9-20(17)28)32-22-18(25)10-15(11-19(22)26)23(29)27-21(24(30)31)14-6-4-3-5-7-14/h3-13,21,28H,1-2H3,(H,27,29)(H,30,31). The van der Waals surface area contributed by atoms with Gasteiger partial charge in [0.1, 0.15) is 11.5 Å². The molecule has 3 rings (SSSR count). The summed E-state index contributed by atoms with van der Waals surface area (Å²) < 4.78 is 6.98. The predicted octanol–water partition coefficient (Wildman–Crippen LogP) is 6.39. The van der Waals surface area contributed by atoms with Gasteiger partial charge in [0.15, 0.2) is 11.8 Å². The fraction of sp³-hybridized carbons (Fsp3) is 0.167. The molecule has 3 N–H and O–H groups in total. The lowest BCUT2D eigenvalue weighted by Crippen LogP contribution is -2.33. The lowest BCUT2D eigenvalue weighted by atomic mass is 10.0. The van der Waals surface area contributed by atoms with Gasteiger partial charge in [0.2, 0.25) is 0 Å². The first-order chi connectivity index (χ1) is 15.2. The molecule has 3 aromatic carbocycles. The fourth-order valence-electron chi connectivity index (χ4n) is 3.11. The van der Waals surface area contributed by atoms with E-state index in [0.29, 0.717) is 26.0 Å². The van der Waals surface area contributed by atoms with Crippen molar-refractivity contribution in [2.75, 3.05) is 0 Å². The Bertz CT molecular complexity index is 1130. The van der Waals surface area contributed by atoms with Crippen molar-refractivity contribution in [3.63, 3.8) is 0 Å². The third-order valence-electron chi connectivity index (χ3n) is 4.76. The lowest BCUT2D eigenvalue weighted by molar-refractivity contribution is -0.139. The van der Waals surface area contributed by atoms with Gasteiger partial charge in [0, 0.05) is 11.1 Å². The molecule has 0 fully saturated rings. The molecular weight excluding hydrogens is 542 g/mol. The van der Waals surface area contributed by atoms with E-state index in [0.717, 1.165) is 5.56 Å². The number of nitrogens with one attached hydrogen (secondary N) is 1. The molecule has 3 aromatic rings. The maximum Gasteiger partial charge on any atom is 0.330 e. The SMILES string of the molecule is CC(C)c1cc(Oc2c(Br)cc(C(=O)NC(C(=O)O)c3ccccc3)cc2Br)ccc1O. The second kappa shape index (κ2) is 10.2. The fourth-order valence-corrected chi connectivity index (χ4v) is 4.46. The van der Waals surface area contributed by atoms with E-state index in [1.54, 1.807) is 60.7 Å². The van der Waals surface area contributed by atoms with Gasteiger partial charge >= 0.3 is 5.97 Å². The monoisotopic (exact) mass is 561 g/mol. The summed E-state index contributed by atoms with van der Waals surface area (Å²) in [5, 5.41) is 22.1. The second-order valence-corrected chi connectivity index (χ2v) is 9.11. The molecule has 0 saturated heterocycles. The van der Waals surface area contributed by atoms with Crippen LogP contribution < -0.4 is 10.1 Å². The zero-order valence-electron chi connectivity index (χ0n) is 17.3. The molecule has 0 saturated carbocycles. The summed E-state index contributed by atoms with van der Waals surface area (Å²) in [6.07, 6.45) is 0. The van der Waals surface area contributed by atoms with Gasteiger partial charge in [0.05, 0.1) is 8.95 Å². The molecule has 0 spiro atoms. The minimum absolute atomic E-state index is 0.114. The van der Waals surface area contributed by atoms with E-state index in [2.05, 4.69) is 37.2 Å². The Kier molecular flexibility index (Phi) is 7.58. The molecule has 8 heteroatoms. The number of ether oxygens (including phenoxy) is 1. The summed E-state index contributed by atoms with van der Waals surface area (Å²) in [6, 6.07) is 15.4. The maximum absolute atomic E-state index is 12.8. The van der Waals surface area contributed by atoms with E-state index in [1.165, 1.54) is 0 Å². The van der Waals surface area contributed by atoms with E-state index in [4.69, 9.17) is 4.74 Å². The number of hydrogen-bond acceptors (Lipinski definition) is 4. The molecule has 1 amide bonds. The Hall–Kier alpha value is -2.84. The summed E-state index contributed by atoms with van der Waals surface area (Å²) >= 11 is 6.85. The van der Waals surface area contributed by atoms with Crippen LogP contribution in [0.4, 0.5) is 0 Å². The topological polar surface area (TPSA) is 95.9 Å². The van der Waals surface area contributed by atoms with Crippen LogP contribution in [-0.2, 0) is 4.79 Å². The van der Waals surface area contributed by atoms with Crippen molar-refractivity contribution in [1.29, 1.82) is 0 Å². The van der Waals surface area contributed by atoms with Crippen molar-refractivity contribution in [2.24, 2.45) is 0 Å². The van der Waals surface area contributed by atoms with Crippen molar-refractivity contribution in [1.82, 2.24) is 5.32 Å². The van der Waals surface area contributed by atoms with Gasteiger partial charge in [-0.05, 0) is 73.7 Å². The molecule has 0 aromatic heterocycles. The smallest absolute Gasteiger partial charge is 0.330 e. The van der Waals surface area contributed by atoms with Crippen molar-refractivity contribution >= 4 is 43.7 Å². The molecule has 6 nitrogen and oxygen atoms in total. The Balaban J connectivity index is 1.84. The summed E-state index contributed by atoms with van der Waals surface area (Å²) in [7, 11) is 0. The minimum atomic E-state index is -1.18. The Morgan fingerprint density at radius 3 is 2.16 bits per heavy atom. The minimum Gasteiger partial charge on any atom is -0.508 e. The number of amides is 1. The molecule has 0 aliphatic heterocycles. The van der Waals surface area contributed by atoms with Gasteiger partial charge in [0.25, 0.3) is 5.91 Å². The molecule has 1 atom stereocenters. The molecular formula is C24H21Br2NO5. The van der Waals surface area contributed by atoms with E-state index >= 15 is 0 Å². The highest BCUT2D eigenvalue weighted by Gasteiger charge is 2.23. The number of carbonyl (C=O) groups excluding carboxylic acids is 1.